The third kappa shape index (κ3) is 5.53. The predicted octanol–water partition coefficient (Wildman–Crippen LogP) is 2.64. The largest absolute Gasteiger partial charge is 0.313 e. The molecule has 0 saturated heterocycles. The Hall–Kier alpha value is -0.0800. The minimum Gasteiger partial charge on any atom is -0.313 e. The van der Waals surface area contributed by atoms with Gasteiger partial charge in [0, 0.05) is 19.1 Å². The highest BCUT2D eigenvalue weighted by Gasteiger charge is 2.11. The molecule has 0 spiro atoms. The lowest BCUT2D eigenvalue weighted by molar-refractivity contribution is 0.293. The summed E-state index contributed by atoms with van der Waals surface area (Å²) in [7, 11) is 0. The molecule has 2 heteroatoms. The fourth-order valence-corrected chi connectivity index (χ4v) is 2.45. The highest BCUT2D eigenvalue weighted by atomic mass is 15.1. The molecule has 0 aliphatic heterocycles. The standard InChI is InChI=1S/C13H28N2/c1-3-15(4-2)12-11-14-13-9-7-5-6-8-10-13/h13-14H,3-12H2,1-2H3. The van der Waals surface area contributed by atoms with Crippen molar-refractivity contribution in [2.75, 3.05) is 26.2 Å². The zero-order chi connectivity index (χ0) is 10.9. The third-order valence-corrected chi connectivity index (χ3v) is 3.61. The molecule has 0 amide bonds. The molecule has 2 nitrogen and oxygen atoms in total. The number of rotatable bonds is 6. The Balaban J connectivity index is 2.07. The van der Waals surface area contributed by atoms with Crippen LogP contribution in [0.3, 0.4) is 0 Å². The average molecular weight is 212 g/mol. The summed E-state index contributed by atoms with van der Waals surface area (Å²) >= 11 is 0. The van der Waals surface area contributed by atoms with Crippen LogP contribution in [0.15, 0.2) is 0 Å². The zero-order valence-electron chi connectivity index (χ0n) is 10.6. The van der Waals surface area contributed by atoms with Gasteiger partial charge in [0.05, 0.1) is 0 Å². The van der Waals surface area contributed by atoms with Gasteiger partial charge >= 0.3 is 0 Å². The summed E-state index contributed by atoms with van der Waals surface area (Å²) in [5.41, 5.74) is 0. The summed E-state index contributed by atoms with van der Waals surface area (Å²) in [6, 6.07) is 0.808. The maximum atomic E-state index is 3.72. The average Bonchev–Trinajstić information content (AvgIpc) is 2.53. The molecule has 0 bridgehead atoms. The Kier molecular flexibility index (Phi) is 7.03. The van der Waals surface area contributed by atoms with Crippen LogP contribution < -0.4 is 5.32 Å². The number of hydrogen-bond donors (Lipinski definition) is 1. The zero-order valence-corrected chi connectivity index (χ0v) is 10.6. The van der Waals surface area contributed by atoms with Gasteiger partial charge < -0.3 is 10.2 Å². The van der Waals surface area contributed by atoms with Crippen LogP contribution in [0.2, 0.25) is 0 Å². The highest BCUT2D eigenvalue weighted by molar-refractivity contribution is 4.71. The summed E-state index contributed by atoms with van der Waals surface area (Å²) in [6.07, 6.45) is 8.57. The second-order valence-corrected chi connectivity index (χ2v) is 4.67. The summed E-state index contributed by atoms with van der Waals surface area (Å²) in [6.45, 7) is 9.24. The molecule has 0 atom stereocenters. The van der Waals surface area contributed by atoms with Crippen molar-refractivity contribution in [1.29, 1.82) is 0 Å². The summed E-state index contributed by atoms with van der Waals surface area (Å²) in [5.74, 6) is 0. The van der Waals surface area contributed by atoms with E-state index in [1.807, 2.05) is 0 Å². The molecular formula is C13H28N2. The van der Waals surface area contributed by atoms with Gasteiger partial charge in [-0.15, -0.1) is 0 Å². The fourth-order valence-electron chi connectivity index (χ4n) is 2.45. The van der Waals surface area contributed by atoms with Gasteiger partial charge in [-0.2, -0.15) is 0 Å². The lowest BCUT2D eigenvalue weighted by Gasteiger charge is -2.21. The van der Waals surface area contributed by atoms with E-state index in [4.69, 9.17) is 0 Å². The van der Waals surface area contributed by atoms with E-state index in [0.29, 0.717) is 0 Å². The number of hydrogen-bond acceptors (Lipinski definition) is 2. The van der Waals surface area contributed by atoms with Crippen LogP contribution in [0.4, 0.5) is 0 Å². The van der Waals surface area contributed by atoms with E-state index in [2.05, 4.69) is 24.1 Å². The Morgan fingerprint density at radius 3 is 2.13 bits per heavy atom. The van der Waals surface area contributed by atoms with Gasteiger partial charge in [0.25, 0.3) is 0 Å². The number of nitrogens with one attached hydrogen (secondary N) is 1. The van der Waals surface area contributed by atoms with E-state index >= 15 is 0 Å². The van der Waals surface area contributed by atoms with Gasteiger partial charge in [-0.25, -0.2) is 0 Å². The minimum atomic E-state index is 0.808. The van der Waals surface area contributed by atoms with Crippen LogP contribution in [0.1, 0.15) is 52.4 Å². The first kappa shape index (κ1) is 13.0. The van der Waals surface area contributed by atoms with Crippen molar-refractivity contribution in [2.45, 2.75) is 58.4 Å². The fraction of sp³-hybridized carbons (Fsp3) is 1.00. The van der Waals surface area contributed by atoms with Gasteiger partial charge in [-0.1, -0.05) is 39.5 Å². The smallest absolute Gasteiger partial charge is 0.0107 e. The molecule has 90 valence electrons. The van der Waals surface area contributed by atoms with E-state index < -0.39 is 0 Å². The highest BCUT2D eigenvalue weighted by Crippen LogP contribution is 2.16. The maximum absolute atomic E-state index is 3.72. The first-order chi connectivity index (χ1) is 7.36. The van der Waals surface area contributed by atoms with E-state index in [1.54, 1.807) is 0 Å². The van der Waals surface area contributed by atoms with Gasteiger partial charge in [0.2, 0.25) is 0 Å². The summed E-state index contributed by atoms with van der Waals surface area (Å²) in [4.78, 5) is 2.49. The van der Waals surface area contributed by atoms with E-state index in [1.165, 1.54) is 64.7 Å². The molecule has 0 aromatic heterocycles. The Morgan fingerprint density at radius 1 is 1.00 bits per heavy atom. The first-order valence-corrected chi connectivity index (χ1v) is 6.82. The maximum Gasteiger partial charge on any atom is 0.0107 e. The molecule has 1 aliphatic carbocycles. The molecule has 0 radical (unpaired) electrons. The minimum absolute atomic E-state index is 0.808. The van der Waals surface area contributed by atoms with Crippen molar-refractivity contribution < 1.29 is 0 Å². The van der Waals surface area contributed by atoms with Crippen LogP contribution >= 0.6 is 0 Å². The quantitative estimate of drug-likeness (QED) is 0.681. The molecular weight excluding hydrogens is 184 g/mol. The molecule has 1 N–H and O–H groups in total. The monoisotopic (exact) mass is 212 g/mol. The Labute approximate surface area is 95.4 Å². The lowest BCUT2D eigenvalue weighted by Crippen LogP contribution is -2.36. The second-order valence-electron chi connectivity index (χ2n) is 4.67. The van der Waals surface area contributed by atoms with Crippen molar-refractivity contribution in [3.05, 3.63) is 0 Å². The van der Waals surface area contributed by atoms with Crippen molar-refractivity contribution in [3.8, 4) is 0 Å². The predicted molar refractivity (Wildman–Crippen MR) is 67.3 cm³/mol. The molecule has 0 heterocycles. The third-order valence-electron chi connectivity index (χ3n) is 3.61. The Bertz CT molecular complexity index is 135. The molecule has 0 unspecified atom stereocenters. The van der Waals surface area contributed by atoms with Gasteiger partial charge in [0.15, 0.2) is 0 Å². The first-order valence-electron chi connectivity index (χ1n) is 6.82. The SMILES string of the molecule is CCN(CC)CCNC1CCCCCC1. The van der Waals surface area contributed by atoms with Crippen LogP contribution in [0.25, 0.3) is 0 Å². The summed E-state index contributed by atoms with van der Waals surface area (Å²) < 4.78 is 0. The van der Waals surface area contributed by atoms with Crippen molar-refractivity contribution in [2.24, 2.45) is 0 Å². The Morgan fingerprint density at radius 2 is 1.60 bits per heavy atom. The van der Waals surface area contributed by atoms with Gasteiger partial charge in [-0.05, 0) is 25.9 Å². The summed E-state index contributed by atoms with van der Waals surface area (Å²) in [5, 5.41) is 3.72. The van der Waals surface area contributed by atoms with Gasteiger partial charge in [-0.3, -0.25) is 0 Å². The number of likely N-dealkylation sites (N-methyl/N-ethyl adjacent to an activating group) is 1. The molecule has 1 fully saturated rings. The molecule has 1 saturated carbocycles. The van der Waals surface area contributed by atoms with Crippen LogP contribution in [0.5, 0.6) is 0 Å². The second kappa shape index (κ2) is 8.12. The van der Waals surface area contributed by atoms with Crippen LogP contribution in [-0.2, 0) is 0 Å². The van der Waals surface area contributed by atoms with E-state index in [9.17, 15) is 0 Å². The van der Waals surface area contributed by atoms with Crippen LogP contribution in [-0.4, -0.2) is 37.1 Å². The lowest BCUT2D eigenvalue weighted by atomic mass is 10.1. The van der Waals surface area contributed by atoms with Crippen molar-refractivity contribution in [3.63, 3.8) is 0 Å². The molecule has 0 aromatic rings. The molecule has 1 aliphatic rings. The van der Waals surface area contributed by atoms with Crippen molar-refractivity contribution in [1.82, 2.24) is 10.2 Å². The molecule has 15 heavy (non-hydrogen) atoms. The van der Waals surface area contributed by atoms with E-state index in [-0.39, 0.29) is 0 Å². The normalized spacial score (nSPS) is 19.4. The topological polar surface area (TPSA) is 15.3 Å². The number of nitrogens with zero attached hydrogens (tertiary/aromatic N) is 1. The van der Waals surface area contributed by atoms with Crippen LogP contribution in [0, 0.1) is 0 Å². The van der Waals surface area contributed by atoms with Crippen molar-refractivity contribution >= 4 is 0 Å². The molecule has 1 rings (SSSR count). The molecule has 0 aromatic carbocycles. The van der Waals surface area contributed by atoms with E-state index in [0.717, 1.165) is 6.04 Å². The van der Waals surface area contributed by atoms with Gasteiger partial charge in [0.1, 0.15) is 0 Å².